The number of fused-ring (bicyclic) bond motifs is 1. The van der Waals surface area contributed by atoms with Crippen LogP contribution in [0.4, 0.5) is 0 Å². The predicted octanol–water partition coefficient (Wildman–Crippen LogP) is 2.19. The van der Waals surface area contributed by atoms with Crippen LogP contribution in [-0.2, 0) is 22.4 Å². The summed E-state index contributed by atoms with van der Waals surface area (Å²) in [4.78, 5) is 27.9. The number of thiazole rings is 1. The molecule has 0 spiro atoms. The monoisotopic (exact) mass is 378 g/mol. The van der Waals surface area contributed by atoms with Gasteiger partial charge in [0, 0.05) is 0 Å². The van der Waals surface area contributed by atoms with Crippen LogP contribution < -0.4 is 10.6 Å². The molecule has 0 aliphatic rings. The first-order valence-corrected chi connectivity index (χ1v) is 9.28. The molecule has 27 heavy (non-hydrogen) atoms. The average Bonchev–Trinajstić information content (AvgIpc) is 3.07. The lowest BCUT2D eigenvalue weighted by Gasteiger charge is -2.03. The summed E-state index contributed by atoms with van der Waals surface area (Å²) in [5.41, 5.74) is 3.29. The van der Waals surface area contributed by atoms with Crippen molar-refractivity contribution in [3.05, 3.63) is 64.7 Å². The average molecular weight is 378 g/mol. The number of hydrogen-bond acceptors (Lipinski definition) is 5. The molecule has 0 fully saturated rings. The molecule has 0 radical (unpaired) electrons. The third-order valence-electron chi connectivity index (χ3n) is 3.87. The van der Waals surface area contributed by atoms with Gasteiger partial charge in [-0.2, -0.15) is 5.26 Å². The van der Waals surface area contributed by atoms with E-state index >= 15 is 0 Å². The lowest BCUT2D eigenvalue weighted by atomic mass is 10.1. The second-order valence-electron chi connectivity index (χ2n) is 5.96. The Balaban J connectivity index is 1.60. The van der Waals surface area contributed by atoms with E-state index in [2.05, 4.69) is 39.9 Å². The lowest BCUT2D eigenvalue weighted by Crippen LogP contribution is -2.37. The van der Waals surface area contributed by atoms with Gasteiger partial charge in [-0.3, -0.25) is 9.59 Å². The van der Waals surface area contributed by atoms with Crippen LogP contribution in [0.15, 0.2) is 48.5 Å². The second kappa shape index (κ2) is 8.92. The maximum Gasteiger partial charge on any atom is 0.240 e. The molecule has 0 aliphatic carbocycles. The smallest absolute Gasteiger partial charge is 0.240 e. The van der Waals surface area contributed by atoms with Crippen molar-refractivity contribution >= 4 is 33.4 Å². The van der Waals surface area contributed by atoms with E-state index in [1.165, 1.54) is 22.5 Å². The molecule has 3 rings (SSSR count). The minimum Gasteiger partial charge on any atom is -0.347 e. The number of carbonyl (C=O) groups is 2. The third-order valence-corrected chi connectivity index (χ3v) is 4.91. The number of nitrogens with one attached hydrogen (secondary N) is 2. The minimum absolute atomic E-state index is 0.0715. The fraction of sp³-hybridized carbons (Fsp3) is 0.200. The molecule has 0 saturated carbocycles. The fourth-order valence-electron chi connectivity index (χ4n) is 2.62. The maximum absolute atomic E-state index is 12.0. The first-order valence-electron chi connectivity index (χ1n) is 8.46. The molecule has 0 atom stereocenters. The maximum atomic E-state index is 12.0. The van der Waals surface area contributed by atoms with Crippen molar-refractivity contribution in [1.82, 2.24) is 15.6 Å². The highest BCUT2D eigenvalue weighted by atomic mass is 32.1. The summed E-state index contributed by atoms with van der Waals surface area (Å²) in [5.74, 6) is -0.662. The Morgan fingerprint density at radius 3 is 2.63 bits per heavy atom. The van der Waals surface area contributed by atoms with Crippen molar-refractivity contribution in [3.8, 4) is 6.07 Å². The first kappa shape index (κ1) is 18.5. The molecule has 2 amide bonds. The Bertz CT molecular complexity index is 992. The van der Waals surface area contributed by atoms with Crippen LogP contribution in [0, 0.1) is 11.3 Å². The lowest BCUT2D eigenvalue weighted by molar-refractivity contribution is -0.125. The van der Waals surface area contributed by atoms with E-state index in [0.717, 1.165) is 16.6 Å². The zero-order chi connectivity index (χ0) is 19.1. The van der Waals surface area contributed by atoms with Gasteiger partial charge < -0.3 is 10.6 Å². The highest BCUT2D eigenvalue weighted by Crippen LogP contribution is 2.24. The summed E-state index contributed by atoms with van der Waals surface area (Å²) >= 11 is 1.47. The standard InChI is InChI=1S/C20H18N4O2S/c21-8-9-22-19(26)13-23-18(25)12-20-24-16-11-15(6-7-17(16)27-20)10-14-4-2-1-3-5-14/h1-7,11H,9-10,12-13H2,(H,22,26)(H,23,25). The van der Waals surface area contributed by atoms with Crippen molar-refractivity contribution in [2.24, 2.45) is 0 Å². The molecule has 2 aromatic carbocycles. The predicted molar refractivity (Wildman–Crippen MR) is 104 cm³/mol. The zero-order valence-electron chi connectivity index (χ0n) is 14.6. The molecular weight excluding hydrogens is 360 g/mol. The molecule has 1 aromatic heterocycles. The largest absolute Gasteiger partial charge is 0.347 e. The van der Waals surface area contributed by atoms with Gasteiger partial charge in [-0.25, -0.2) is 4.98 Å². The van der Waals surface area contributed by atoms with Crippen molar-refractivity contribution < 1.29 is 9.59 Å². The van der Waals surface area contributed by atoms with Crippen LogP contribution in [0.1, 0.15) is 16.1 Å². The molecule has 1 heterocycles. The van der Waals surface area contributed by atoms with E-state index < -0.39 is 0 Å². The van der Waals surface area contributed by atoms with Crippen LogP contribution in [0.25, 0.3) is 10.2 Å². The first-order chi connectivity index (χ1) is 13.1. The molecule has 0 aliphatic heterocycles. The topological polar surface area (TPSA) is 94.9 Å². The van der Waals surface area contributed by atoms with Gasteiger partial charge in [-0.15, -0.1) is 11.3 Å². The van der Waals surface area contributed by atoms with Gasteiger partial charge in [0.15, 0.2) is 0 Å². The van der Waals surface area contributed by atoms with Crippen molar-refractivity contribution in [2.75, 3.05) is 13.1 Å². The Morgan fingerprint density at radius 1 is 1.04 bits per heavy atom. The number of hydrogen-bond donors (Lipinski definition) is 2. The number of carbonyl (C=O) groups excluding carboxylic acids is 2. The molecule has 136 valence electrons. The number of nitriles is 1. The fourth-order valence-corrected chi connectivity index (χ4v) is 3.56. The number of benzene rings is 2. The number of nitrogens with zero attached hydrogens (tertiary/aromatic N) is 2. The molecule has 0 unspecified atom stereocenters. The molecule has 0 bridgehead atoms. The Morgan fingerprint density at radius 2 is 1.85 bits per heavy atom. The van der Waals surface area contributed by atoms with E-state index in [1.54, 1.807) is 0 Å². The SMILES string of the molecule is N#CCNC(=O)CNC(=O)Cc1nc2cc(Cc3ccccc3)ccc2s1. The van der Waals surface area contributed by atoms with Gasteiger partial charge in [0.05, 0.1) is 29.3 Å². The summed E-state index contributed by atoms with van der Waals surface area (Å²) in [5, 5.41) is 14.0. The number of amides is 2. The van der Waals surface area contributed by atoms with E-state index in [1.807, 2.05) is 30.3 Å². The highest BCUT2D eigenvalue weighted by molar-refractivity contribution is 7.18. The Kier molecular flexibility index (Phi) is 6.13. The van der Waals surface area contributed by atoms with Crippen molar-refractivity contribution in [3.63, 3.8) is 0 Å². The highest BCUT2D eigenvalue weighted by Gasteiger charge is 2.11. The van der Waals surface area contributed by atoms with E-state index in [4.69, 9.17) is 5.26 Å². The summed E-state index contributed by atoms with van der Waals surface area (Å²) in [6.07, 6.45) is 0.959. The summed E-state index contributed by atoms with van der Waals surface area (Å²) < 4.78 is 1.03. The third kappa shape index (κ3) is 5.36. The van der Waals surface area contributed by atoms with Gasteiger partial charge in [0.2, 0.25) is 11.8 Å². The van der Waals surface area contributed by atoms with Crippen LogP contribution in [0.2, 0.25) is 0 Å². The molecule has 2 N–H and O–H groups in total. The van der Waals surface area contributed by atoms with Crippen molar-refractivity contribution in [2.45, 2.75) is 12.8 Å². The minimum atomic E-state index is -0.389. The van der Waals surface area contributed by atoms with E-state index in [-0.39, 0.29) is 31.3 Å². The van der Waals surface area contributed by atoms with Gasteiger partial charge in [0.1, 0.15) is 11.6 Å². The van der Waals surface area contributed by atoms with Gasteiger partial charge >= 0.3 is 0 Å². The normalized spacial score (nSPS) is 10.3. The molecule has 0 saturated heterocycles. The van der Waals surface area contributed by atoms with Crippen LogP contribution in [0.3, 0.4) is 0 Å². The molecule has 3 aromatic rings. The quantitative estimate of drug-likeness (QED) is 0.616. The Hall–Kier alpha value is -3.24. The van der Waals surface area contributed by atoms with Gasteiger partial charge in [0.25, 0.3) is 0 Å². The van der Waals surface area contributed by atoms with Gasteiger partial charge in [-0.05, 0) is 29.7 Å². The molecule has 7 heteroatoms. The number of aromatic nitrogens is 1. The Labute approximate surface area is 160 Å². The van der Waals surface area contributed by atoms with Gasteiger partial charge in [-0.1, -0.05) is 36.4 Å². The molecule has 6 nitrogen and oxygen atoms in total. The van der Waals surface area contributed by atoms with Crippen molar-refractivity contribution in [1.29, 1.82) is 5.26 Å². The molecular formula is C20H18N4O2S. The van der Waals surface area contributed by atoms with E-state index in [0.29, 0.717) is 5.01 Å². The summed E-state index contributed by atoms with van der Waals surface area (Å²) in [6.45, 7) is -0.218. The van der Waals surface area contributed by atoms with Crippen LogP contribution >= 0.6 is 11.3 Å². The number of rotatable bonds is 7. The van der Waals surface area contributed by atoms with E-state index in [9.17, 15) is 9.59 Å². The summed E-state index contributed by atoms with van der Waals surface area (Å²) in [7, 11) is 0. The van der Waals surface area contributed by atoms with Crippen LogP contribution in [-0.4, -0.2) is 29.9 Å². The zero-order valence-corrected chi connectivity index (χ0v) is 15.4. The summed E-state index contributed by atoms with van der Waals surface area (Å²) in [6, 6.07) is 18.2. The van der Waals surface area contributed by atoms with Crippen LogP contribution in [0.5, 0.6) is 0 Å². The second-order valence-corrected chi connectivity index (χ2v) is 7.08.